The van der Waals surface area contributed by atoms with Crippen molar-refractivity contribution < 1.29 is 32.6 Å². The molecule has 9 nitrogen and oxygen atoms in total. The molecule has 0 aromatic carbocycles. The van der Waals surface area contributed by atoms with Gasteiger partial charge in [-0.05, 0) is 19.3 Å². The van der Waals surface area contributed by atoms with Crippen molar-refractivity contribution in [3.63, 3.8) is 0 Å². The van der Waals surface area contributed by atoms with Crippen LogP contribution in [-0.4, -0.2) is 51.4 Å². The number of aromatic nitrogens is 1. The highest BCUT2D eigenvalue weighted by molar-refractivity contribution is 7.47. The maximum absolute atomic E-state index is 12.4. The van der Waals surface area contributed by atoms with Gasteiger partial charge in [-0.25, -0.2) is 13.9 Å². The van der Waals surface area contributed by atoms with E-state index in [2.05, 4.69) is 28.9 Å². The molecule has 0 radical (unpaired) electrons. The van der Waals surface area contributed by atoms with Crippen molar-refractivity contribution in [3.8, 4) is 0 Å². The third-order valence-electron chi connectivity index (χ3n) is 9.13. The zero-order chi connectivity index (χ0) is 35.8. The minimum Gasteiger partial charge on any atom is -0.449 e. The number of pyridine rings is 1. The predicted molar refractivity (Wildman–Crippen MR) is 203 cm³/mol. The summed E-state index contributed by atoms with van der Waals surface area (Å²) >= 11 is 0. The highest BCUT2D eigenvalue weighted by Crippen LogP contribution is 2.44. The van der Waals surface area contributed by atoms with Crippen molar-refractivity contribution >= 4 is 19.6 Å². The molecular weight excluding hydrogens is 637 g/mol. The van der Waals surface area contributed by atoms with Gasteiger partial charge in [0.05, 0.1) is 19.8 Å². The number of phosphoric ester groups is 1. The van der Waals surface area contributed by atoms with Gasteiger partial charge in [-0.2, -0.15) is 0 Å². The SMILES string of the molecule is CCCCCCCCCCCCCCCCCCCCCNC(=O)OCC(CCC)COP(=O)(O)OCCCC[n+]1ccc(N(C)C)cc1. The molecule has 10 heteroatoms. The van der Waals surface area contributed by atoms with E-state index < -0.39 is 13.9 Å². The molecule has 0 aliphatic heterocycles. The Hall–Kier alpha value is -1.67. The Balaban J connectivity index is 1.98. The van der Waals surface area contributed by atoms with Gasteiger partial charge in [0.25, 0.3) is 0 Å². The smallest absolute Gasteiger partial charge is 0.449 e. The van der Waals surface area contributed by atoms with Gasteiger partial charge in [0, 0.05) is 50.8 Å². The summed E-state index contributed by atoms with van der Waals surface area (Å²) in [6.07, 6.45) is 32.1. The van der Waals surface area contributed by atoms with Gasteiger partial charge >= 0.3 is 13.9 Å². The zero-order valence-electron chi connectivity index (χ0n) is 32.0. The van der Waals surface area contributed by atoms with Crippen LogP contribution in [0.25, 0.3) is 0 Å². The molecule has 2 unspecified atom stereocenters. The second-order valence-corrected chi connectivity index (χ2v) is 15.5. The van der Waals surface area contributed by atoms with Gasteiger partial charge in [0.2, 0.25) is 0 Å². The molecule has 2 atom stereocenters. The molecule has 0 bridgehead atoms. The fourth-order valence-electron chi connectivity index (χ4n) is 5.97. The number of phosphoric acid groups is 1. The lowest BCUT2D eigenvalue weighted by molar-refractivity contribution is -0.697. The molecule has 286 valence electrons. The van der Waals surface area contributed by atoms with E-state index in [1.165, 1.54) is 109 Å². The number of ether oxygens (including phenoxy) is 1. The Bertz CT molecular complexity index is 949. The molecule has 1 heterocycles. The van der Waals surface area contributed by atoms with Gasteiger partial charge in [-0.15, -0.1) is 0 Å². The third kappa shape index (κ3) is 27.7. The number of hydrogen-bond donors (Lipinski definition) is 2. The summed E-state index contributed by atoms with van der Waals surface area (Å²) in [5.74, 6) is -0.170. The minimum absolute atomic E-state index is 0.00226. The van der Waals surface area contributed by atoms with Gasteiger partial charge in [-0.1, -0.05) is 136 Å². The maximum Gasteiger partial charge on any atom is 0.472 e. The van der Waals surface area contributed by atoms with E-state index in [4.69, 9.17) is 13.8 Å². The lowest BCUT2D eigenvalue weighted by Gasteiger charge is -2.19. The second kappa shape index (κ2) is 31.1. The number of aryl methyl sites for hydroxylation is 1. The highest BCUT2D eigenvalue weighted by Gasteiger charge is 2.24. The van der Waals surface area contributed by atoms with Crippen LogP contribution >= 0.6 is 7.82 Å². The predicted octanol–water partition coefficient (Wildman–Crippen LogP) is 10.5. The van der Waals surface area contributed by atoms with Crippen molar-refractivity contribution in [2.75, 3.05) is 45.4 Å². The van der Waals surface area contributed by atoms with Crippen LogP contribution < -0.4 is 14.8 Å². The monoisotopic (exact) mass is 713 g/mol. The number of unbranched alkanes of at least 4 members (excludes halogenated alkanes) is 19. The number of carbonyl (C=O) groups is 1. The van der Waals surface area contributed by atoms with Crippen molar-refractivity contribution in [2.45, 2.75) is 168 Å². The van der Waals surface area contributed by atoms with E-state index in [1.54, 1.807) is 0 Å². The van der Waals surface area contributed by atoms with Crippen molar-refractivity contribution in [3.05, 3.63) is 24.5 Å². The van der Waals surface area contributed by atoms with Gasteiger partial charge in [-0.3, -0.25) is 9.05 Å². The first-order chi connectivity index (χ1) is 23.8. The Kier molecular flexibility index (Phi) is 28.8. The first-order valence-corrected chi connectivity index (χ1v) is 21.5. The molecule has 0 aliphatic rings. The average Bonchev–Trinajstić information content (AvgIpc) is 3.08. The Morgan fingerprint density at radius 2 is 1.24 bits per heavy atom. The number of alkyl carbamates (subject to hydrolysis) is 1. The van der Waals surface area contributed by atoms with E-state index >= 15 is 0 Å². The molecule has 0 fully saturated rings. The number of amides is 1. The van der Waals surface area contributed by atoms with E-state index in [0.29, 0.717) is 13.0 Å². The number of nitrogens with one attached hydrogen (secondary N) is 1. The van der Waals surface area contributed by atoms with Crippen molar-refractivity contribution in [1.82, 2.24) is 5.32 Å². The largest absolute Gasteiger partial charge is 0.472 e. The standard InChI is InChI=1S/C39H74N3O6P/c1-5-7-8-9-10-11-12-13-14-15-16-17-18-19-20-21-22-23-24-30-40-39(43)46-35-37(27-6-2)36-48-49(44,45)47-34-26-25-31-42-32-28-38(29-33-42)41(3)4/h28-29,32-33,37H,5-27,30-31,34-36H2,1-4H3,(H-,40,43,44,45)/p+1. The van der Waals surface area contributed by atoms with Crippen LogP contribution in [0.3, 0.4) is 0 Å². The molecule has 0 spiro atoms. The average molecular weight is 713 g/mol. The summed E-state index contributed by atoms with van der Waals surface area (Å²) in [6, 6.07) is 4.10. The van der Waals surface area contributed by atoms with Crippen LogP contribution in [0.4, 0.5) is 10.5 Å². The van der Waals surface area contributed by atoms with Crippen LogP contribution in [0.5, 0.6) is 0 Å². The third-order valence-corrected chi connectivity index (χ3v) is 10.1. The van der Waals surface area contributed by atoms with Crippen molar-refractivity contribution in [1.29, 1.82) is 0 Å². The van der Waals surface area contributed by atoms with Gasteiger partial charge < -0.3 is 19.8 Å². The minimum atomic E-state index is -4.17. The second-order valence-electron chi connectivity index (χ2n) is 14.0. The lowest BCUT2D eigenvalue weighted by Crippen LogP contribution is -2.33. The van der Waals surface area contributed by atoms with Gasteiger partial charge in [0.15, 0.2) is 12.4 Å². The highest BCUT2D eigenvalue weighted by atomic mass is 31.2. The summed E-state index contributed by atoms with van der Waals surface area (Å²) in [5.41, 5.74) is 1.14. The number of carbonyl (C=O) groups excluding carboxylic acids is 1. The van der Waals surface area contributed by atoms with Crippen LogP contribution in [0.2, 0.25) is 0 Å². The molecule has 1 rings (SSSR count). The molecule has 1 aromatic heterocycles. The Morgan fingerprint density at radius 1 is 0.735 bits per heavy atom. The fraction of sp³-hybridized carbons (Fsp3) is 0.846. The van der Waals surface area contributed by atoms with Crippen LogP contribution in [0.1, 0.15) is 162 Å². The first-order valence-electron chi connectivity index (χ1n) is 20.0. The normalized spacial score (nSPS) is 13.2. The zero-order valence-corrected chi connectivity index (χ0v) is 32.9. The maximum atomic E-state index is 12.4. The lowest BCUT2D eigenvalue weighted by atomic mass is 10.0. The molecule has 49 heavy (non-hydrogen) atoms. The van der Waals surface area contributed by atoms with E-state index in [-0.39, 0.29) is 25.7 Å². The first kappa shape index (κ1) is 45.4. The summed E-state index contributed by atoms with van der Waals surface area (Å²) in [4.78, 5) is 24.4. The van der Waals surface area contributed by atoms with E-state index in [0.717, 1.165) is 44.3 Å². The van der Waals surface area contributed by atoms with E-state index in [9.17, 15) is 14.3 Å². The molecule has 1 aromatic rings. The fourth-order valence-corrected chi connectivity index (χ4v) is 6.80. The van der Waals surface area contributed by atoms with Crippen molar-refractivity contribution in [2.24, 2.45) is 5.92 Å². The number of nitrogens with zero attached hydrogens (tertiary/aromatic N) is 2. The summed E-state index contributed by atoms with van der Waals surface area (Å²) < 4.78 is 30.3. The molecular formula is C39H75N3O6P+. The van der Waals surface area contributed by atoms with Gasteiger partial charge in [0.1, 0.15) is 6.54 Å². The summed E-state index contributed by atoms with van der Waals surface area (Å²) in [5, 5.41) is 2.83. The van der Waals surface area contributed by atoms with Crippen LogP contribution in [0.15, 0.2) is 24.5 Å². The molecule has 2 N–H and O–H groups in total. The molecule has 0 saturated carbocycles. The number of hydrogen-bond acceptors (Lipinski definition) is 6. The molecule has 0 saturated heterocycles. The molecule has 0 aliphatic carbocycles. The quantitative estimate of drug-likeness (QED) is 0.0417. The summed E-state index contributed by atoms with van der Waals surface area (Å²) in [6.45, 7) is 5.99. The number of rotatable bonds is 34. The topological polar surface area (TPSA) is 101 Å². The Labute approximate surface area is 300 Å². The Morgan fingerprint density at radius 3 is 1.73 bits per heavy atom. The molecule has 1 amide bonds. The van der Waals surface area contributed by atoms with E-state index in [1.807, 2.05) is 38.3 Å². The van der Waals surface area contributed by atoms with Crippen LogP contribution in [0, 0.1) is 5.92 Å². The summed E-state index contributed by atoms with van der Waals surface area (Å²) in [7, 11) is -0.157. The number of anilines is 1. The van der Waals surface area contributed by atoms with Crippen LogP contribution in [-0.2, 0) is 24.9 Å².